The summed E-state index contributed by atoms with van der Waals surface area (Å²) in [5.41, 5.74) is 8.06. The number of rotatable bonds is 4. The molecule has 0 spiro atoms. The van der Waals surface area contributed by atoms with Crippen LogP contribution in [0.2, 0.25) is 0 Å². The first-order valence-electron chi connectivity index (χ1n) is 6.61. The second-order valence-corrected chi connectivity index (χ2v) is 5.45. The van der Waals surface area contributed by atoms with Crippen molar-refractivity contribution in [3.63, 3.8) is 0 Å². The standard InChI is InChI=1S/C17H20FNO/c1-17(2,12-8-10-13(18)11-9-12)16(19)14-6-4-5-7-15(14)20-3/h4-11,16H,19H2,1-3H3. The first-order chi connectivity index (χ1) is 9.46. The minimum absolute atomic E-state index is 0.240. The summed E-state index contributed by atoms with van der Waals surface area (Å²) in [5, 5.41) is 0. The third-order valence-corrected chi connectivity index (χ3v) is 3.84. The Balaban J connectivity index is 2.40. The van der Waals surface area contributed by atoms with Crippen LogP contribution in [0.15, 0.2) is 48.5 Å². The molecule has 20 heavy (non-hydrogen) atoms. The summed E-state index contributed by atoms with van der Waals surface area (Å²) >= 11 is 0. The van der Waals surface area contributed by atoms with Gasteiger partial charge in [0.2, 0.25) is 0 Å². The summed E-state index contributed by atoms with van der Waals surface area (Å²) in [6.45, 7) is 4.11. The molecule has 0 heterocycles. The summed E-state index contributed by atoms with van der Waals surface area (Å²) < 4.78 is 18.4. The molecule has 0 saturated carbocycles. The Hall–Kier alpha value is -1.87. The molecule has 0 aliphatic rings. The van der Waals surface area contributed by atoms with E-state index >= 15 is 0 Å². The second kappa shape index (κ2) is 5.63. The molecule has 106 valence electrons. The van der Waals surface area contributed by atoms with Gasteiger partial charge in [-0.25, -0.2) is 4.39 Å². The normalized spacial score (nSPS) is 13.1. The SMILES string of the molecule is COc1ccccc1C(N)C(C)(C)c1ccc(F)cc1. The molecule has 2 rings (SSSR count). The molecule has 0 aliphatic carbocycles. The third kappa shape index (κ3) is 2.68. The quantitative estimate of drug-likeness (QED) is 0.919. The highest BCUT2D eigenvalue weighted by Gasteiger charge is 2.31. The predicted molar refractivity (Wildman–Crippen MR) is 79.3 cm³/mol. The molecular formula is C17H20FNO. The first-order valence-corrected chi connectivity index (χ1v) is 6.61. The fourth-order valence-corrected chi connectivity index (χ4v) is 2.37. The predicted octanol–water partition coefficient (Wildman–Crippen LogP) is 3.81. The largest absolute Gasteiger partial charge is 0.496 e. The molecule has 0 radical (unpaired) electrons. The molecular weight excluding hydrogens is 253 g/mol. The van der Waals surface area contributed by atoms with E-state index in [4.69, 9.17) is 10.5 Å². The highest BCUT2D eigenvalue weighted by molar-refractivity contribution is 5.40. The van der Waals surface area contributed by atoms with Gasteiger partial charge in [-0.2, -0.15) is 0 Å². The molecule has 1 atom stereocenters. The van der Waals surface area contributed by atoms with E-state index < -0.39 is 0 Å². The van der Waals surface area contributed by atoms with E-state index in [0.29, 0.717) is 0 Å². The van der Waals surface area contributed by atoms with Crippen LogP contribution >= 0.6 is 0 Å². The van der Waals surface area contributed by atoms with Crippen LogP contribution in [-0.4, -0.2) is 7.11 Å². The molecule has 0 amide bonds. The van der Waals surface area contributed by atoms with Crippen LogP contribution < -0.4 is 10.5 Å². The van der Waals surface area contributed by atoms with Crippen molar-refractivity contribution in [1.82, 2.24) is 0 Å². The van der Waals surface area contributed by atoms with Crippen LogP contribution in [0.3, 0.4) is 0 Å². The zero-order chi connectivity index (χ0) is 14.8. The Morgan fingerprint density at radius 2 is 1.65 bits per heavy atom. The second-order valence-electron chi connectivity index (χ2n) is 5.45. The Labute approximate surface area is 119 Å². The molecule has 2 N–H and O–H groups in total. The fourth-order valence-electron chi connectivity index (χ4n) is 2.37. The maximum atomic E-state index is 13.1. The van der Waals surface area contributed by atoms with E-state index in [-0.39, 0.29) is 17.3 Å². The highest BCUT2D eigenvalue weighted by Crippen LogP contribution is 2.38. The number of methoxy groups -OCH3 is 1. The number of halogens is 1. The van der Waals surface area contributed by atoms with Gasteiger partial charge in [-0.15, -0.1) is 0 Å². The topological polar surface area (TPSA) is 35.2 Å². The summed E-state index contributed by atoms with van der Waals surface area (Å²) in [5.74, 6) is 0.533. The maximum absolute atomic E-state index is 13.1. The van der Waals surface area contributed by atoms with Gasteiger partial charge in [-0.3, -0.25) is 0 Å². The minimum Gasteiger partial charge on any atom is -0.496 e. The van der Waals surface area contributed by atoms with Crippen molar-refractivity contribution in [3.05, 3.63) is 65.5 Å². The molecule has 2 aromatic rings. The number of nitrogens with two attached hydrogens (primary N) is 1. The van der Waals surface area contributed by atoms with Gasteiger partial charge in [0, 0.05) is 17.0 Å². The van der Waals surface area contributed by atoms with E-state index in [1.54, 1.807) is 19.2 Å². The molecule has 2 nitrogen and oxygen atoms in total. The van der Waals surface area contributed by atoms with Gasteiger partial charge in [0.15, 0.2) is 0 Å². The van der Waals surface area contributed by atoms with E-state index in [0.717, 1.165) is 16.9 Å². The van der Waals surface area contributed by atoms with Gasteiger partial charge < -0.3 is 10.5 Å². The van der Waals surface area contributed by atoms with E-state index in [9.17, 15) is 4.39 Å². The van der Waals surface area contributed by atoms with Crippen LogP contribution in [0.25, 0.3) is 0 Å². The van der Waals surface area contributed by atoms with E-state index in [1.165, 1.54) is 12.1 Å². The van der Waals surface area contributed by atoms with Gasteiger partial charge in [0.1, 0.15) is 11.6 Å². The number of benzene rings is 2. The average molecular weight is 273 g/mol. The van der Waals surface area contributed by atoms with Gasteiger partial charge in [0.25, 0.3) is 0 Å². The summed E-state index contributed by atoms with van der Waals surface area (Å²) in [7, 11) is 1.64. The smallest absolute Gasteiger partial charge is 0.123 e. The summed E-state index contributed by atoms with van der Waals surface area (Å²) in [4.78, 5) is 0. The number of ether oxygens (including phenoxy) is 1. The van der Waals surface area contributed by atoms with Crippen LogP contribution in [0.1, 0.15) is 31.0 Å². The maximum Gasteiger partial charge on any atom is 0.123 e. The molecule has 0 saturated heterocycles. The zero-order valence-corrected chi connectivity index (χ0v) is 12.1. The monoisotopic (exact) mass is 273 g/mol. The number of hydrogen-bond acceptors (Lipinski definition) is 2. The lowest BCUT2D eigenvalue weighted by Gasteiger charge is -2.33. The molecule has 0 bridgehead atoms. The zero-order valence-electron chi connectivity index (χ0n) is 12.1. The highest BCUT2D eigenvalue weighted by atomic mass is 19.1. The molecule has 0 aliphatic heterocycles. The number of hydrogen-bond donors (Lipinski definition) is 1. The van der Waals surface area contributed by atoms with Gasteiger partial charge >= 0.3 is 0 Å². The molecule has 3 heteroatoms. The van der Waals surface area contributed by atoms with Gasteiger partial charge in [0.05, 0.1) is 7.11 Å². The van der Waals surface area contributed by atoms with Crippen LogP contribution in [0.5, 0.6) is 5.75 Å². The lowest BCUT2D eigenvalue weighted by Crippen LogP contribution is -2.33. The van der Waals surface area contributed by atoms with Crippen LogP contribution in [-0.2, 0) is 5.41 Å². The van der Waals surface area contributed by atoms with Crippen molar-refractivity contribution in [3.8, 4) is 5.75 Å². The fraction of sp³-hybridized carbons (Fsp3) is 0.294. The Kier molecular flexibility index (Phi) is 4.09. The third-order valence-electron chi connectivity index (χ3n) is 3.84. The lowest BCUT2D eigenvalue weighted by atomic mass is 9.75. The van der Waals surface area contributed by atoms with Crippen LogP contribution in [0, 0.1) is 5.82 Å². The van der Waals surface area contributed by atoms with Crippen molar-refractivity contribution in [2.24, 2.45) is 5.73 Å². The lowest BCUT2D eigenvalue weighted by molar-refractivity contribution is 0.376. The van der Waals surface area contributed by atoms with Crippen molar-refractivity contribution in [1.29, 1.82) is 0 Å². The summed E-state index contributed by atoms with van der Waals surface area (Å²) in [6, 6.07) is 14.0. The Morgan fingerprint density at radius 1 is 1.05 bits per heavy atom. The molecule has 1 unspecified atom stereocenters. The first kappa shape index (κ1) is 14.5. The Morgan fingerprint density at radius 3 is 2.25 bits per heavy atom. The minimum atomic E-state index is -0.331. The van der Waals surface area contributed by atoms with Crippen molar-refractivity contribution >= 4 is 0 Å². The van der Waals surface area contributed by atoms with Crippen molar-refractivity contribution in [2.75, 3.05) is 7.11 Å². The van der Waals surface area contributed by atoms with Gasteiger partial charge in [-0.1, -0.05) is 44.2 Å². The van der Waals surface area contributed by atoms with Crippen LogP contribution in [0.4, 0.5) is 4.39 Å². The van der Waals surface area contributed by atoms with Gasteiger partial charge in [-0.05, 0) is 23.8 Å². The summed E-state index contributed by atoms with van der Waals surface area (Å²) in [6.07, 6.45) is 0. The average Bonchev–Trinajstić information content (AvgIpc) is 2.46. The van der Waals surface area contributed by atoms with E-state index in [1.807, 2.05) is 24.3 Å². The Bertz CT molecular complexity index is 578. The molecule has 0 aromatic heterocycles. The van der Waals surface area contributed by atoms with E-state index in [2.05, 4.69) is 13.8 Å². The molecule has 0 fully saturated rings. The molecule has 2 aromatic carbocycles. The number of para-hydroxylation sites is 1. The van der Waals surface area contributed by atoms with Crippen molar-refractivity contribution < 1.29 is 9.13 Å². The van der Waals surface area contributed by atoms with Crippen molar-refractivity contribution in [2.45, 2.75) is 25.3 Å².